The van der Waals surface area contributed by atoms with Crippen molar-refractivity contribution in [1.82, 2.24) is 19.4 Å². The first kappa shape index (κ1) is 23.5. The van der Waals surface area contributed by atoms with Crippen LogP contribution in [-0.2, 0) is 10.3 Å². The van der Waals surface area contributed by atoms with E-state index in [4.69, 9.17) is 9.72 Å². The molecule has 0 radical (unpaired) electrons. The summed E-state index contributed by atoms with van der Waals surface area (Å²) in [6.07, 6.45) is 4.86. The van der Waals surface area contributed by atoms with Gasteiger partial charge in [0.1, 0.15) is 17.2 Å². The number of nitrogens with one attached hydrogen (secondary N) is 1. The molecule has 186 valence electrons. The summed E-state index contributed by atoms with van der Waals surface area (Å²) in [5.41, 5.74) is 2.35. The number of halogens is 1. The minimum atomic E-state index is -0.298. The Labute approximate surface area is 205 Å². The highest BCUT2D eigenvalue weighted by Gasteiger charge is 2.44. The van der Waals surface area contributed by atoms with Crippen molar-refractivity contribution in [1.29, 1.82) is 0 Å². The van der Waals surface area contributed by atoms with Gasteiger partial charge >= 0.3 is 0 Å². The molecule has 0 spiro atoms. The van der Waals surface area contributed by atoms with Crippen molar-refractivity contribution in [3.63, 3.8) is 0 Å². The normalized spacial score (nSPS) is 17.5. The smallest absolute Gasteiger partial charge is 0.270 e. The highest BCUT2D eigenvalue weighted by molar-refractivity contribution is 5.98. The highest BCUT2D eigenvalue weighted by atomic mass is 19.1. The summed E-state index contributed by atoms with van der Waals surface area (Å²) in [4.78, 5) is 26.0. The molecule has 1 aromatic carbocycles. The van der Waals surface area contributed by atoms with Crippen LogP contribution in [0, 0.1) is 11.7 Å². The number of carbonyl (C=O) groups is 1. The van der Waals surface area contributed by atoms with Crippen LogP contribution < -0.4 is 10.2 Å². The van der Waals surface area contributed by atoms with E-state index in [0.717, 1.165) is 30.3 Å². The molecule has 0 unspecified atom stereocenters. The minimum absolute atomic E-state index is 0.0507. The first-order valence-electron chi connectivity index (χ1n) is 12.3. The third-order valence-electron chi connectivity index (χ3n) is 7.46. The second-order valence-corrected chi connectivity index (χ2v) is 10.0. The van der Waals surface area contributed by atoms with Crippen LogP contribution in [0.1, 0.15) is 43.6 Å². The maximum atomic E-state index is 14.9. The van der Waals surface area contributed by atoms with Crippen LogP contribution in [0.4, 0.5) is 21.7 Å². The first-order chi connectivity index (χ1) is 16.8. The number of aromatic nitrogens is 3. The standard InChI is InChI=1S/C26H33FN6O2/c1-17(2)26(8-5-9-26)33-22(24(34)31(3)4)14-18-16-28-25(30-23(18)33)29-19-6-7-21(20(27)15-19)32-10-12-35-13-11-32/h6-7,14-17H,5,8-13H2,1-4H3,(H,28,29,30). The van der Waals surface area contributed by atoms with Gasteiger partial charge in [-0.1, -0.05) is 13.8 Å². The third-order valence-corrected chi connectivity index (χ3v) is 7.46. The molecule has 35 heavy (non-hydrogen) atoms. The highest BCUT2D eigenvalue weighted by Crippen LogP contribution is 2.48. The van der Waals surface area contributed by atoms with Crippen molar-refractivity contribution in [3.05, 3.63) is 42.0 Å². The second kappa shape index (κ2) is 9.11. The predicted molar refractivity (Wildman–Crippen MR) is 135 cm³/mol. The molecule has 8 nitrogen and oxygen atoms in total. The number of morpholine rings is 1. The van der Waals surface area contributed by atoms with E-state index < -0.39 is 0 Å². The van der Waals surface area contributed by atoms with Gasteiger partial charge in [-0.2, -0.15) is 4.98 Å². The zero-order chi connectivity index (χ0) is 24.7. The van der Waals surface area contributed by atoms with E-state index in [0.29, 0.717) is 55.2 Å². The van der Waals surface area contributed by atoms with Crippen LogP contribution in [-0.4, -0.2) is 65.7 Å². The van der Waals surface area contributed by atoms with Gasteiger partial charge in [0.15, 0.2) is 0 Å². The quantitative estimate of drug-likeness (QED) is 0.564. The van der Waals surface area contributed by atoms with Gasteiger partial charge in [0.25, 0.3) is 5.91 Å². The van der Waals surface area contributed by atoms with Crippen LogP contribution in [0.5, 0.6) is 0 Å². The molecule has 0 bridgehead atoms. The summed E-state index contributed by atoms with van der Waals surface area (Å²) in [6.45, 7) is 6.95. The van der Waals surface area contributed by atoms with Gasteiger partial charge in [0, 0.05) is 50.0 Å². The van der Waals surface area contributed by atoms with Gasteiger partial charge in [-0.25, -0.2) is 9.37 Å². The van der Waals surface area contributed by atoms with Crippen molar-refractivity contribution in [3.8, 4) is 0 Å². The molecular formula is C26H33FN6O2. The maximum Gasteiger partial charge on any atom is 0.270 e. The molecule has 5 rings (SSSR count). The van der Waals surface area contributed by atoms with E-state index in [1.54, 1.807) is 31.3 Å². The van der Waals surface area contributed by atoms with Gasteiger partial charge < -0.3 is 24.4 Å². The molecule has 2 aromatic heterocycles. The Bertz CT molecular complexity index is 1240. The van der Waals surface area contributed by atoms with Crippen molar-refractivity contribution >= 4 is 34.3 Å². The minimum Gasteiger partial charge on any atom is -0.378 e. The average molecular weight is 481 g/mol. The van der Waals surface area contributed by atoms with Crippen molar-refractivity contribution in [2.24, 2.45) is 5.92 Å². The number of benzene rings is 1. The molecule has 3 heterocycles. The largest absolute Gasteiger partial charge is 0.378 e. The molecule has 1 aliphatic carbocycles. The Morgan fingerprint density at radius 1 is 1.20 bits per heavy atom. The summed E-state index contributed by atoms with van der Waals surface area (Å²) >= 11 is 0. The molecule has 1 amide bonds. The molecule has 1 saturated carbocycles. The monoisotopic (exact) mass is 480 g/mol. The van der Waals surface area contributed by atoms with E-state index in [1.807, 2.05) is 17.0 Å². The number of anilines is 3. The van der Waals surface area contributed by atoms with Crippen LogP contribution in [0.15, 0.2) is 30.5 Å². The SMILES string of the molecule is CC(C)C1(n2c(C(=O)N(C)C)cc3cnc(Nc4ccc(N5CCOCC5)c(F)c4)nc32)CCC1. The van der Waals surface area contributed by atoms with Crippen molar-refractivity contribution < 1.29 is 13.9 Å². The zero-order valence-electron chi connectivity index (χ0n) is 20.8. The topological polar surface area (TPSA) is 75.5 Å². The summed E-state index contributed by atoms with van der Waals surface area (Å²) in [6, 6.07) is 6.98. The fourth-order valence-corrected chi connectivity index (χ4v) is 5.26. The van der Waals surface area contributed by atoms with Crippen molar-refractivity contribution in [2.75, 3.05) is 50.6 Å². The van der Waals surface area contributed by atoms with Crippen LogP contribution >= 0.6 is 0 Å². The van der Waals surface area contributed by atoms with Crippen molar-refractivity contribution in [2.45, 2.75) is 38.6 Å². The summed E-state index contributed by atoms with van der Waals surface area (Å²) in [5, 5.41) is 3.98. The number of carbonyl (C=O) groups excluding carboxylic acids is 1. The van der Waals surface area contributed by atoms with Gasteiger partial charge in [-0.3, -0.25) is 4.79 Å². The number of amides is 1. The third kappa shape index (κ3) is 4.11. The second-order valence-electron chi connectivity index (χ2n) is 10.0. The average Bonchev–Trinajstić information content (AvgIpc) is 3.17. The molecule has 1 N–H and O–H groups in total. The van der Waals surface area contributed by atoms with E-state index in [9.17, 15) is 9.18 Å². The molecule has 2 aliphatic rings. The molecule has 1 saturated heterocycles. The molecule has 9 heteroatoms. The van der Waals surface area contributed by atoms with Gasteiger partial charge in [0.2, 0.25) is 5.95 Å². The van der Waals surface area contributed by atoms with E-state index in [-0.39, 0.29) is 17.3 Å². The molecule has 1 aliphatic heterocycles. The summed E-state index contributed by atoms with van der Waals surface area (Å²) < 4.78 is 22.4. The number of nitrogens with zero attached hydrogens (tertiary/aromatic N) is 5. The van der Waals surface area contributed by atoms with Gasteiger partial charge in [-0.05, 0) is 49.4 Å². The van der Waals surface area contributed by atoms with E-state index in [1.165, 1.54) is 6.07 Å². The Hall–Kier alpha value is -3.20. The number of ether oxygens (including phenoxy) is 1. The number of hydrogen-bond donors (Lipinski definition) is 1. The van der Waals surface area contributed by atoms with E-state index in [2.05, 4.69) is 28.7 Å². The summed E-state index contributed by atoms with van der Waals surface area (Å²) in [5.74, 6) is 0.366. The summed E-state index contributed by atoms with van der Waals surface area (Å²) in [7, 11) is 3.53. The molecule has 2 fully saturated rings. The van der Waals surface area contributed by atoms with Crippen LogP contribution in [0.3, 0.4) is 0 Å². The molecular weight excluding hydrogens is 447 g/mol. The molecule has 0 atom stereocenters. The fourth-order valence-electron chi connectivity index (χ4n) is 5.26. The maximum absolute atomic E-state index is 14.9. The number of rotatable bonds is 6. The van der Waals surface area contributed by atoms with Crippen LogP contribution in [0.25, 0.3) is 11.0 Å². The number of hydrogen-bond acceptors (Lipinski definition) is 6. The number of fused-ring (bicyclic) bond motifs is 1. The first-order valence-corrected chi connectivity index (χ1v) is 12.3. The van der Waals surface area contributed by atoms with E-state index >= 15 is 0 Å². The molecule has 3 aromatic rings. The van der Waals surface area contributed by atoms with Crippen LogP contribution in [0.2, 0.25) is 0 Å². The Kier molecular flexibility index (Phi) is 6.13. The lowest BCUT2D eigenvalue weighted by Gasteiger charge is -2.48. The lowest BCUT2D eigenvalue weighted by molar-refractivity contribution is 0.0679. The van der Waals surface area contributed by atoms with Gasteiger partial charge in [0.05, 0.1) is 18.9 Å². The Balaban J connectivity index is 1.51. The predicted octanol–water partition coefficient (Wildman–Crippen LogP) is 4.39. The Morgan fingerprint density at radius 2 is 1.94 bits per heavy atom. The lowest BCUT2D eigenvalue weighted by Crippen LogP contribution is -2.47. The van der Waals surface area contributed by atoms with Gasteiger partial charge in [-0.15, -0.1) is 0 Å². The zero-order valence-corrected chi connectivity index (χ0v) is 20.8. The lowest BCUT2D eigenvalue weighted by atomic mass is 9.69. The fraction of sp³-hybridized carbons (Fsp3) is 0.500. The Morgan fingerprint density at radius 3 is 2.54 bits per heavy atom.